The zero-order valence-corrected chi connectivity index (χ0v) is 8.60. The molecule has 1 saturated heterocycles. The van der Waals surface area contributed by atoms with E-state index in [1.807, 2.05) is 35.2 Å². The Balaban J connectivity index is 1.97. The highest BCUT2D eigenvalue weighted by atomic mass is 16.3. The maximum atomic E-state index is 11.3. The van der Waals surface area contributed by atoms with Crippen LogP contribution in [-0.4, -0.2) is 35.0 Å². The van der Waals surface area contributed by atoms with Gasteiger partial charge in [-0.05, 0) is 5.56 Å². The van der Waals surface area contributed by atoms with E-state index in [2.05, 4.69) is 0 Å². The maximum Gasteiger partial charge on any atom is 0.149 e. The predicted molar refractivity (Wildman–Crippen MR) is 57.3 cm³/mol. The normalized spacial score (nSPS) is 23.0. The molecule has 0 amide bonds. The van der Waals surface area contributed by atoms with Gasteiger partial charge in [0.25, 0.3) is 0 Å². The second-order valence-electron chi connectivity index (χ2n) is 4.05. The van der Waals surface area contributed by atoms with Crippen LogP contribution in [0.1, 0.15) is 12.0 Å². The van der Waals surface area contributed by atoms with Gasteiger partial charge in [0.1, 0.15) is 5.78 Å². The van der Waals surface area contributed by atoms with Crippen molar-refractivity contribution in [2.45, 2.75) is 19.1 Å². The monoisotopic (exact) mass is 205 g/mol. The Labute approximate surface area is 89.3 Å². The number of aliphatic hydroxyl groups is 1. The molecule has 3 heteroatoms. The Morgan fingerprint density at radius 2 is 2.07 bits per heavy atom. The molecule has 1 atom stereocenters. The van der Waals surface area contributed by atoms with Crippen LogP contribution in [0.5, 0.6) is 0 Å². The Morgan fingerprint density at radius 1 is 1.33 bits per heavy atom. The first-order valence-electron chi connectivity index (χ1n) is 5.20. The lowest BCUT2D eigenvalue weighted by molar-refractivity contribution is -0.126. The average molecular weight is 205 g/mol. The van der Waals surface area contributed by atoms with Crippen molar-refractivity contribution < 1.29 is 9.90 Å². The molecule has 1 unspecified atom stereocenters. The minimum atomic E-state index is -0.491. The molecule has 0 aromatic heterocycles. The quantitative estimate of drug-likeness (QED) is 0.777. The van der Waals surface area contributed by atoms with Gasteiger partial charge in [-0.1, -0.05) is 30.3 Å². The van der Waals surface area contributed by atoms with Crippen molar-refractivity contribution in [2.75, 3.05) is 13.1 Å². The number of piperidine rings is 1. The smallest absolute Gasteiger partial charge is 0.149 e. The molecular weight excluding hydrogens is 190 g/mol. The molecule has 3 nitrogen and oxygen atoms in total. The van der Waals surface area contributed by atoms with Gasteiger partial charge < -0.3 is 5.11 Å². The lowest BCUT2D eigenvalue weighted by Gasteiger charge is -2.28. The van der Waals surface area contributed by atoms with Gasteiger partial charge >= 0.3 is 0 Å². The number of aliphatic hydroxyl groups excluding tert-OH is 1. The van der Waals surface area contributed by atoms with Crippen LogP contribution in [0.3, 0.4) is 0 Å². The molecule has 1 heterocycles. The number of β-amino-alcohol motifs (C(OH)–C–C–N with tert-alkyl or cyclic N) is 1. The van der Waals surface area contributed by atoms with Crippen LogP contribution in [0, 0.1) is 0 Å². The lowest BCUT2D eigenvalue weighted by atomic mass is 10.1. The minimum absolute atomic E-state index is 0.129. The number of carbonyl (C=O) groups excluding carboxylic acids is 1. The fourth-order valence-electron chi connectivity index (χ4n) is 1.97. The molecule has 0 radical (unpaired) electrons. The standard InChI is InChI=1S/C12H15NO2/c14-11-6-12(15)9-13(8-11)7-10-4-2-1-3-5-10/h1-5,11,14H,6-9H2. The van der Waals surface area contributed by atoms with E-state index in [1.54, 1.807) is 0 Å². The third-order valence-electron chi connectivity index (χ3n) is 2.58. The van der Waals surface area contributed by atoms with Crippen LogP contribution in [0.15, 0.2) is 30.3 Å². The van der Waals surface area contributed by atoms with Crippen LogP contribution in [0.2, 0.25) is 0 Å². The van der Waals surface area contributed by atoms with E-state index < -0.39 is 6.10 Å². The third kappa shape index (κ3) is 2.88. The number of ketones is 1. The first-order chi connectivity index (χ1) is 7.24. The highest BCUT2D eigenvalue weighted by Gasteiger charge is 2.23. The van der Waals surface area contributed by atoms with Crippen molar-refractivity contribution in [3.05, 3.63) is 35.9 Å². The highest BCUT2D eigenvalue weighted by Crippen LogP contribution is 2.11. The van der Waals surface area contributed by atoms with Gasteiger partial charge in [0.05, 0.1) is 12.6 Å². The summed E-state index contributed by atoms with van der Waals surface area (Å²) in [6.45, 7) is 1.80. The van der Waals surface area contributed by atoms with E-state index in [0.717, 1.165) is 6.54 Å². The fraction of sp³-hybridized carbons (Fsp3) is 0.417. The summed E-state index contributed by atoms with van der Waals surface area (Å²) < 4.78 is 0. The summed E-state index contributed by atoms with van der Waals surface area (Å²) in [5.74, 6) is 0.129. The lowest BCUT2D eigenvalue weighted by Crippen LogP contribution is -2.42. The summed E-state index contributed by atoms with van der Waals surface area (Å²) in [5.41, 5.74) is 1.18. The summed E-state index contributed by atoms with van der Waals surface area (Å²) in [6.07, 6.45) is -0.180. The van der Waals surface area contributed by atoms with Crippen LogP contribution in [0.4, 0.5) is 0 Å². The number of benzene rings is 1. The second kappa shape index (κ2) is 4.55. The van der Waals surface area contributed by atoms with Crippen LogP contribution in [-0.2, 0) is 11.3 Å². The molecule has 2 rings (SSSR count). The Hall–Kier alpha value is -1.19. The van der Waals surface area contributed by atoms with Gasteiger partial charge in [0, 0.05) is 19.5 Å². The summed E-state index contributed by atoms with van der Waals surface area (Å²) in [6, 6.07) is 10.0. The number of rotatable bonds is 2. The van der Waals surface area contributed by atoms with Gasteiger partial charge in [0.15, 0.2) is 0 Å². The van der Waals surface area contributed by atoms with Gasteiger partial charge in [-0.15, -0.1) is 0 Å². The van der Waals surface area contributed by atoms with Crippen molar-refractivity contribution in [1.82, 2.24) is 4.90 Å². The Kier molecular flexibility index (Phi) is 3.14. The molecule has 80 valence electrons. The molecule has 1 aromatic rings. The van der Waals surface area contributed by atoms with Gasteiger partial charge in [-0.2, -0.15) is 0 Å². The van der Waals surface area contributed by atoms with E-state index in [9.17, 15) is 9.90 Å². The number of Topliss-reactive ketones (excluding diaryl/α,β-unsaturated/α-hetero) is 1. The summed E-state index contributed by atoms with van der Waals surface area (Å²) >= 11 is 0. The van der Waals surface area contributed by atoms with Crippen molar-refractivity contribution in [3.8, 4) is 0 Å². The first-order valence-corrected chi connectivity index (χ1v) is 5.20. The Bertz CT molecular complexity index is 337. The topological polar surface area (TPSA) is 40.5 Å². The minimum Gasteiger partial charge on any atom is -0.391 e. The first kappa shape index (κ1) is 10.3. The summed E-state index contributed by atoms with van der Waals surface area (Å²) in [5, 5.41) is 9.47. The highest BCUT2D eigenvalue weighted by molar-refractivity contribution is 5.81. The van der Waals surface area contributed by atoms with Crippen molar-refractivity contribution in [1.29, 1.82) is 0 Å². The number of likely N-dealkylation sites (tertiary alicyclic amines) is 1. The molecule has 0 saturated carbocycles. The molecule has 1 aromatic carbocycles. The molecule has 1 N–H and O–H groups in total. The van der Waals surface area contributed by atoms with Crippen molar-refractivity contribution in [3.63, 3.8) is 0 Å². The van der Waals surface area contributed by atoms with E-state index in [4.69, 9.17) is 0 Å². The van der Waals surface area contributed by atoms with Crippen LogP contribution >= 0.6 is 0 Å². The number of nitrogens with zero attached hydrogens (tertiary/aromatic N) is 1. The molecule has 1 aliphatic rings. The summed E-state index contributed by atoms with van der Waals surface area (Å²) in [4.78, 5) is 13.3. The number of carbonyl (C=O) groups is 1. The van der Waals surface area contributed by atoms with Gasteiger partial charge in [-0.25, -0.2) is 0 Å². The largest absolute Gasteiger partial charge is 0.391 e. The van der Waals surface area contributed by atoms with Crippen LogP contribution in [0.25, 0.3) is 0 Å². The predicted octanol–water partition coefficient (Wildman–Crippen LogP) is 0.822. The number of hydrogen-bond acceptors (Lipinski definition) is 3. The molecule has 1 fully saturated rings. The third-order valence-corrected chi connectivity index (χ3v) is 2.58. The maximum absolute atomic E-state index is 11.3. The van der Waals surface area contributed by atoms with Gasteiger partial charge in [0.2, 0.25) is 0 Å². The molecule has 0 bridgehead atoms. The molecule has 0 spiro atoms. The van der Waals surface area contributed by atoms with E-state index in [1.165, 1.54) is 5.56 Å². The Morgan fingerprint density at radius 3 is 2.73 bits per heavy atom. The fourth-order valence-corrected chi connectivity index (χ4v) is 1.97. The summed E-state index contributed by atoms with van der Waals surface area (Å²) in [7, 11) is 0. The second-order valence-corrected chi connectivity index (χ2v) is 4.05. The zero-order valence-electron chi connectivity index (χ0n) is 8.60. The average Bonchev–Trinajstić information content (AvgIpc) is 2.17. The van der Waals surface area contributed by atoms with Crippen LogP contribution < -0.4 is 0 Å². The zero-order chi connectivity index (χ0) is 10.7. The van der Waals surface area contributed by atoms with E-state index >= 15 is 0 Å². The molecular formula is C12H15NO2. The van der Waals surface area contributed by atoms with Crippen molar-refractivity contribution >= 4 is 5.78 Å². The number of hydrogen-bond donors (Lipinski definition) is 1. The van der Waals surface area contributed by atoms with E-state index in [-0.39, 0.29) is 5.78 Å². The SMILES string of the molecule is O=C1CC(O)CN(Cc2ccccc2)C1. The van der Waals surface area contributed by atoms with Gasteiger partial charge in [-0.3, -0.25) is 9.69 Å². The molecule has 15 heavy (non-hydrogen) atoms. The molecule has 1 aliphatic heterocycles. The van der Waals surface area contributed by atoms with Crippen molar-refractivity contribution in [2.24, 2.45) is 0 Å². The molecule has 0 aliphatic carbocycles. The van der Waals surface area contributed by atoms with E-state index in [0.29, 0.717) is 19.5 Å².